The van der Waals surface area contributed by atoms with Crippen LogP contribution < -0.4 is 4.90 Å². The van der Waals surface area contributed by atoms with Crippen molar-refractivity contribution in [1.29, 1.82) is 0 Å². The number of benzene rings is 3. The molecule has 2 aliphatic rings. The molecular weight excluding hydrogens is 446 g/mol. The molecule has 3 aromatic carbocycles. The Morgan fingerprint density at radius 3 is 1.89 bits per heavy atom. The monoisotopic (exact) mass is 481 g/mol. The van der Waals surface area contributed by atoms with E-state index in [0.717, 1.165) is 50.9 Å². The van der Waals surface area contributed by atoms with Crippen molar-refractivity contribution in [2.75, 3.05) is 37.7 Å². The third-order valence-corrected chi connectivity index (χ3v) is 7.92. The van der Waals surface area contributed by atoms with Crippen molar-refractivity contribution in [2.45, 2.75) is 37.1 Å². The Bertz CT molecular complexity index is 1090. The first-order valence-electron chi connectivity index (χ1n) is 13.1. The fourth-order valence-electron chi connectivity index (χ4n) is 5.94. The maximum Gasteiger partial charge on any atom is 0.250 e. The van der Waals surface area contributed by atoms with Crippen LogP contribution in [0.5, 0.6) is 0 Å². The summed E-state index contributed by atoms with van der Waals surface area (Å²) in [5.41, 5.74) is 3.27. The van der Waals surface area contributed by atoms with E-state index in [-0.39, 0.29) is 5.91 Å². The van der Waals surface area contributed by atoms with Crippen LogP contribution in [0.25, 0.3) is 0 Å². The Labute approximate surface area is 214 Å². The van der Waals surface area contributed by atoms with Gasteiger partial charge in [-0.15, -0.1) is 0 Å². The van der Waals surface area contributed by atoms with Crippen LogP contribution in [-0.2, 0) is 9.59 Å². The normalized spacial score (nSPS) is 17.8. The summed E-state index contributed by atoms with van der Waals surface area (Å²) in [6, 6.07) is 31.8. The lowest BCUT2D eigenvalue weighted by molar-refractivity contribution is -0.133. The minimum atomic E-state index is -0.515. The highest BCUT2D eigenvalue weighted by atomic mass is 16.2. The number of aldehydes is 1. The molecule has 0 aliphatic carbocycles. The van der Waals surface area contributed by atoms with Crippen LogP contribution >= 0.6 is 0 Å². The third kappa shape index (κ3) is 4.93. The van der Waals surface area contributed by atoms with Crippen LogP contribution in [0, 0.1) is 0 Å². The van der Waals surface area contributed by atoms with Gasteiger partial charge in [0.05, 0.1) is 6.67 Å². The van der Waals surface area contributed by atoms with Crippen molar-refractivity contribution in [2.24, 2.45) is 0 Å². The van der Waals surface area contributed by atoms with E-state index in [1.54, 1.807) is 0 Å². The second-order valence-electron chi connectivity index (χ2n) is 9.96. The number of para-hydroxylation sites is 1. The van der Waals surface area contributed by atoms with Crippen molar-refractivity contribution in [3.8, 4) is 0 Å². The summed E-state index contributed by atoms with van der Waals surface area (Å²) in [5.74, 6) is 0.537. The first-order valence-corrected chi connectivity index (χ1v) is 13.1. The largest absolute Gasteiger partial charge is 0.339 e. The molecule has 0 aromatic heterocycles. The lowest BCUT2D eigenvalue weighted by Crippen LogP contribution is -2.56. The number of likely N-dealkylation sites (tertiary alicyclic amines) is 1. The van der Waals surface area contributed by atoms with Crippen molar-refractivity contribution >= 4 is 17.9 Å². The van der Waals surface area contributed by atoms with Gasteiger partial charge in [-0.05, 0) is 49.1 Å². The lowest BCUT2D eigenvalue weighted by Gasteiger charge is -2.43. The molecule has 0 N–H and O–H groups in total. The summed E-state index contributed by atoms with van der Waals surface area (Å²) in [7, 11) is 0. The fraction of sp³-hybridized carbons (Fsp3) is 0.355. The zero-order chi connectivity index (χ0) is 24.8. The second kappa shape index (κ2) is 11.1. The van der Waals surface area contributed by atoms with Crippen LogP contribution in [0.3, 0.4) is 0 Å². The van der Waals surface area contributed by atoms with Gasteiger partial charge in [0.2, 0.25) is 5.91 Å². The fourth-order valence-corrected chi connectivity index (χ4v) is 5.94. The van der Waals surface area contributed by atoms with E-state index in [2.05, 4.69) is 82.6 Å². The van der Waals surface area contributed by atoms with Crippen LogP contribution in [-0.4, -0.2) is 60.4 Å². The average Bonchev–Trinajstić information content (AvgIpc) is 3.21. The second-order valence-corrected chi connectivity index (χ2v) is 9.96. The van der Waals surface area contributed by atoms with E-state index >= 15 is 0 Å². The predicted molar refractivity (Wildman–Crippen MR) is 144 cm³/mol. The van der Waals surface area contributed by atoms with E-state index in [9.17, 15) is 9.59 Å². The molecule has 0 atom stereocenters. The van der Waals surface area contributed by atoms with Gasteiger partial charge in [0.25, 0.3) is 0 Å². The minimum Gasteiger partial charge on any atom is -0.339 e. The van der Waals surface area contributed by atoms with Crippen molar-refractivity contribution in [3.63, 3.8) is 0 Å². The first kappa shape index (κ1) is 24.3. The van der Waals surface area contributed by atoms with Gasteiger partial charge in [-0.25, -0.2) is 0 Å². The summed E-state index contributed by atoms with van der Waals surface area (Å²) in [5, 5.41) is 0. The molecule has 186 valence electrons. The number of anilines is 1. The molecule has 0 radical (unpaired) electrons. The third-order valence-electron chi connectivity index (χ3n) is 7.92. The molecule has 2 heterocycles. The number of piperidine rings is 1. The van der Waals surface area contributed by atoms with E-state index in [1.165, 1.54) is 11.1 Å². The quantitative estimate of drug-likeness (QED) is 0.406. The van der Waals surface area contributed by atoms with Gasteiger partial charge >= 0.3 is 0 Å². The highest BCUT2D eigenvalue weighted by Crippen LogP contribution is 2.40. The van der Waals surface area contributed by atoms with E-state index in [0.29, 0.717) is 25.6 Å². The molecule has 5 heteroatoms. The number of hydrogen-bond donors (Lipinski definition) is 0. The van der Waals surface area contributed by atoms with E-state index in [1.807, 2.05) is 23.1 Å². The number of amides is 1. The van der Waals surface area contributed by atoms with E-state index in [4.69, 9.17) is 0 Å². The molecule has 1 spiro atoms. The Morgan fingerprint density at radius 2 is 1.33 bits per heavy atom. The molecule has 2 fully saturated rings. The highest BCUT2D eigenvalue weighted by molar-refractivity contribution is 5.93. The molecular formula is C31H35N3O2. The molecule has 0 unspecified atom stereocenters. The number of carbonyl (C=O) groups is 2. The Morgan fingerprint density at radius 1 is 0.778 bits per heavy atom. The molecule has 5 nitrogen and oxygen atoms in total. The zero-order valence-electron chi connectivity index (χ0n) is 20.8. The molecule has 2 saturated heterocycles. The number of rotatable bonds is 9. The molecule has 36 heavy (non-hydrogen) atoms. The van der Waals surface area contributed by atoms with Crippen molar-refractivity contribution < 1.29 is 9.59 Å². The van der Waals surface area contributed by atoms with Crippen LogP contribution in [0.1, 0.15) is 42.7 Å². The smallest absolute Gasteiger partial charge is 0.250 e. The first-order chi connectivity index (χ1) is 17.7. The Kier molecular flexibility index (Phi) is 7.47. The molecule has 0 saturated carbocycles. The topological polar surface area (TPSA) is 43.9 Å². The van der Waals surface area contributed by atoms with Gasteiger partial charge in [-0.2, -0.15) is 0 Å². The van der Waals surface area contributed by atoms with Gasteiger partial charge in [0.15, 0.2) is 0 Å². The maximum atomic E-state index is 13.7. The Balaban J connectivity index is 1.29. The predicted octanol–water partition coefficient (Wildman–Crippen LogP) is 4.94. The lowest BCUT2D eigenvalue weighted by atomic mass is 9.84. The van der Waals surface area contributed by atoms with Gasteiger partial charge < -0.3 is 19.5 Å². The molecule has 3 aromatic rings. The standard InChI is InChI=1S/C31H35N3O2/c35-24-10-20-33-25-34(28-15-8-3-9-16-28)31(30(33)36)18-22-32(23-19-31)21-17-29(26-11-4-1-5-12-26)27-13-6-2-7-14-27/h1-9,11-16,24,29H,10,17-23,25H2. The number of carbonyl (C=O) groups excluding carboxylic acids is 2. The highest BCUT2D eigenvalue weighted by Gasteiger charge is 2.53. The van der Waals surface area contributed by atoms with Gasteiger partial charge in [-0.1, -0.05) is 78.9 Å². The molecule has 5 rings (SSSR count). The summed E-state index contributed by atoms with van der Waals surface area (Å²) < 4.78 is 0. The van der Waals surface area contributed by atoms with Crippen molar-refractivity contribution in [3.05, 3.63) is 102 Å². The zero-order valence-corrected chi connectivity index (χ0v) is 20.8. The SMILES string of the molecule is O=CCCN1CN(c2ccccc2)C2(CCN(CCC(c3ccccc3)c3ccccc3)CC2)C1=O. The number of hydrogen-bond acceptors (Lipinski definition) is 4. The van der Waals surface area contributed by atoms with Crippen molar-refractivity contribution in [1.82, 2.24) is 9.80 Å². The molecule has 1 amide bonds. The van der Waals surface area contributed by atoms with Gasteiger partial charge in [0, 0.05) is 37.7 Å². The summed E-state index contributed by atoms with van der Waals surface area (Å²) in [6.07, 6.45) is 3.95. The summed E-state index contributed by atoms with van der Waals surface area (Å²) >= 11 is 0. The molecule has 2 aliphatic heterocycles. The van der Waals surface area contributed by atoms with Gasteiger partial charge in [0.1, 0.15) is 11.8 Å². The van der Waals surface area contributed by atoms with Crippen LogP contribution in [0.4, 0.5) is 5.69 Å². The minimum absolute atomic E-state index is 0.180. The Hall–Kier alpha value is -3.44. The molecule has 0 bridgehead atoms. The van der Waals surface area contributed by atoms with E-state index < -0.39 is 5.54 Å². The van der Waals surface area contributed by atoms with Crippen LogP contribution in [0.2, 0.25) is 0 Å². The average molecular weight is 482 g/mol. The van der Waals surface area contributed by atoms with Crippen LogP contribution in [0.15, 0.2) is 91.0 Å². The summed E-state index contributed by atoms with van der Waals surface area (Å²) in [6.45, 7) is 3.84. The maximum absolute atomic E-state index is 13.7. The van der Waals surface area contributed by atoms with Gasteiger partial charge in [-0.3, -0.25) is 4.79 Å². The number of nitrogens with zero attached hydrogens (tertiary/aromatic N) is 3. The summed E-state index contributed by atoms with van der Waals surface area (Å²) in [4.78, 5) is 31.4.